The second kappa shape index (κ2) is 5.69. The average molecular weight is 304 g/mol. The molecular formula is C13H18ClNO3S. The number of ether oxygens (including phenoxy) is 1. The summed E-state index contributed by atoms with van der Waals surface area (Å²) in [5.41, 5.74) is 0. The van der Waals surface area contributed by atoms with Gasteiger partial charge in [0.1, 0.15) is 5.75 Å². The van der Waals surface area contributed by atoms with E-state index in [1.807, 2.05) is 0 Å². The molecule has 0 bridgehead atoms. The van der Waals surface area contributed by atoms with Crippen molar-refractivity contribution in [2.24, 2.45) is 5.92 Å². The maximum atomic E-state index is 12.5. The van der Waals surface area contributed by atoms with E-state index in [0.29, 0.717) is 29.8 Å². The summed E-state index contributed by atoms with van der Waals surface area (Å²) in [5, 5.41) is 0.411. The van der Waals surface area contributed by atoms with Gasteiger partial charge in [0.05, 0.1) is 17.0 Å². The minimum Gasteiger partial charge on any atom is -0.495 e. The Morgan fingerprint density at radius 1 is 1.42 bits per heavy atom. The topological polar surface area (TPSA) is 46.6 Å². The second-order valence-electron chi connectivity index (χ2n) is 4.91. The number of hydrogen-bond donors (Lipinski definition) is 0. The molecule has 0 radical (unpaired) electrons. The quantitative estimate of drug-likeness (QED) is 0.862. The summed E-state index contributed by atoms with van der Waals surface area (Å²) in [6.45, 7) is 3.23. The van der Waals surface area contributed by atoms with Crippen LogP contribution in [-0.2, 0) is 10.0 Å². The van der Waals surface area contributed by atoms with E-state index in [2.05, 4.69) is 6.92 Å². The minimum absolute atomic E-state index is 0.239. The van der Waals surface area contributed by atoms with Crippen LogP contribution in [-0.4, -0.2) is 32.9 Å². The fraction of sp³-hybridized carbons (Fsp3) is 0.538. The molecule has 1 fully saturated rings. The van der Waals surface area contributed by atoms with Gasteiger partial charge in [0.15, 0.2) is 0 Å². The smallest absolute Gasteiger partial charge is 0.243 e. The van der Waals surface area contributed by atoms with E-state index in [1.165, 1.54) is 19.2 Å². The van der Waals surface area contributed by atoms with Gasteiger partial charge < -0.3 is 4.74 Å². The molecule has 1 saturated heterocycles. The van der Waals surface area contributed by atoms with Crippen molar-refractivity contribution in [3.63, 3.8) is 0 Å². The molecule has 0 saturated carbocycles. The number of piperidine rings is 1. The number of rotatable bonds is 3. The maximum Gasteiger partial charge on any atom is 0.243 e. The van der Waals surface area contributed by atoms with Gasteiger partial charge >= 0.3 is 0 Å². The second-order valence-corrected chi connectivity index (χ2v) is 7.25. The van der Waals surface area contributed by atoms with Crippen LogP contribution in [0.4, 0.5) is 0 Å². The first-order valence-corrected chi connectivity index (χ1v) is 8.10. The minimum atomic E-state index is -3.45. The van der Waals surface area contributed by atoms with E-state index in [-0.39, 0.29) is 4.90 Å². The number of nitrogens with zero attached hydrogens (tertiary/aromatic N) is 1. The van der Waals surface area contributed by atoms with Crippen molar-refractivity contribution >= 4 is 21.6 Å². The van der Waals surface area contributed by atoms with Crippen molar-refractivity contribution in [2.75, 3.05) is 20.2 Å². The van der Waals surface area contributed by atoms with Crippen LogP contribution in [0, 0.1) is 5.92 Å². The maximum absolute atomic E-state index is 12.5. The molecule has 2 rings (SSSR count). The average Bonchev–Trinajstić information content (AvgIpc) is 2.39. The van der Waals surface area contributed by atoms with Gasteiger partial charge in [-0.3, -0.25) is 0 Å². The zero-order chi connectivity index (χ0) is 14.0. The van der Waals surface area contributed by atoms with E-state index in [9.17, 15) is 8.42 Å². The third-order valence-electron chi connectivity index (χ3n) is 3.38. The first kappa shape index (κ1) is 14.6. The predicted octanol–water partition coefficient (Wildman–Crippen LogP) is 2.77. The van der Waals surface area contributed by atoms with Crippen LogP contribution in [0.15, 0.2) is 23.1 Å². The lowest BCUT2D eigenvalue weighted by molar-refractivity contribution is 0.281. The molecule has 0 N–H and O–H groups in total. The molecule has 19 heavy (non-hydrogen) atoms. The molecule has 0 spiro atoms. The number of methoxy groups -OCH3 is 1. The van der Waals surface area contributed by atoms with Crippen molar-refractivity contribution in [2.45, 2.75) is 24.7 Å². The summed E-state index contributed by atoms with van der Waals surface area (Å²) in [5.74, 6) is 0.783. The molecule has 4 nitrogen and oxygen atoms in total. The monoisotopic (exact) mass is 303 g/mol. The van der Waals surface area contributed by atoms with Crippen LogP contribution in [0.1, 0.15) is 19.8 Å². The third kappa shape index (κ3) is 3.04. The van der Waals surface area contributed by atoms with Crippen LogP contribution < -0.4 is 4.74 Å². The van der Waals surface area contributed by atoms with Crippen molar-refractivity contribution in [1.29, 1.82) is 0 Å². The first-order chi connectivity index (χ1) is 8.95. The van der Waals surface area contributed by atoms with Crippen molar-refractivity contribution in [1.82, 2.24) is 4.31 Å². The SMILES string of the molecule is COc1cc(S(=O)(=O)N2CCCC(C)C2)ccc1Cl. The summed E-state index contributed by atoms with van der Waals surface area (Å²) >= 11 is 5.92. The summed E-state index contributed by atoms with van der Waals surface area (Å²) < 4.78 is 31.7. The Bertz CT molecular complexity index is 559. The van der Waals surface area contributed by atoms with Gasteiger partial charge in [-0.15, -0.1) is 0 Å². The molecular weight excluding hydrogens is 286 g/mol. The summed E-state index contributed by atoms with van der Waals surface area (Å²) in [7, 11) is -1.98. The predicted molar refractivity (Wildman–Crippen MR) is 75.2 cm³/mol. The highest BCUT2D eigenvalue weighted by Crippen LogP contribution is 2.30. The molecule has 6 heteroatoms. The number of hydrogen-bond acceptors (Lipinski definition) is 3. The van der Waals surface area contributed by atoms with Gasteiger partial charge in [0, 0.05) is 19.2 Å². The fourth-order valence-electron chi connectivity index (χ4n) is 2.31. The molecule has 1 heterocycles. The van der Waals surface area contributed by atoms with E-state index in [4.69, 9.17) is 16.3 Å². The first-order valence-electron chi connectivity index (χ1n) is 6.29. The molecule has 1 aromatic rings. The summed E-state index contributed by atoms with van der Waals surface area (Å²) in [6, 6.07) is 4.57. The molecule has 1 aliphatic heterocycles. The molecule has 0 aliphatic carbocycles. The van der Waals surface area contributed by atoms with Crippen LogP contribution in [0.2, 0.25) is 5.02 Å². The standard InChI is InChI=1S/C13H18ClNO3S/c1-10-4-3-7-15(9-10)19(16,17)11-5-6-12(14)13(8-11)18-2/h5-6,8,10H,3-4,7,9H2,1-2H3. The van der Waals surface area contributed by atoms with Crippen molar-refractivity contribution in [3.05, 3.63) is 23.2 Å². The Kier molecular flexibility index (Phi) is 4.38. The largest absolute Gasteiger partial charge is 0.495 e. The zero-order valence-electron chi connectivity index (χ0n) is 11.1. The Balaban J connectivity index is 2.33. The molecule has 106 valence electrons. The lowest BCUT2D eigenvalue weighted by atomic mass is 10.0. The van der Waals surface area contributed by atoms with E-state index in [1.54, 1.807) is 10.4 Å². The van der Waals surface area contributed by atoms with Crippen molar-refractivity contribution in [3.8, 4) is 5.75 Å². The number of sulfonamides is 1. The van der Waals surface area contributed by atoms with E-state index < -0.39 is 10.0 Å². The highest BCUT2D eigenvalue weighted by molar-refractivity contribution is 7.89. The Morgan fingerprint density at radius 2 is 2.16 bits per heavy atom. The Morgan fingerprint density at radius 3 is 2.79 bits per heavy atom. The third-order valence-corrected chi connectivity index (χ3v) is 5.55. The highest BCUT2D eigenvalue weighted by Gasteiger charge is 2.29. The van der Waals surface area contributed by atoms with Gasteiger partial charge in [0.2, 0.25) is 10.0 Å². The van der Waals surface area contributed by atoms with Gasteiger partial charge in [0.25, 0.3) is 0 Å². The molecule has 1 unspecified atom stereocenters. The van der Waals surface area contributed by atoms with Crippen molar-refractivity contribution < 1.29 is 13.2 Å². The molecule has 0 amide bonds. The van der Waals surface area contributed by atoms with E-state index >= 15 is 0 Å². The van der Waals surface area contributed by atoms with Crippen LogP contribution in [0.5, 0.6) is 5.75 Å². The molecule has 1 aromatic carbocycles. The molecule has 1 aliphatic rings. The molecule has 1 atom stereocenters. The van der Waals surface area contributed by atoms with Gasteiger partial charge in [-0.05, 0) is 30.9 Å². The summed E-state index contributed by atoms with van der Waals surface area (Å²) in [6.07, 6.45) is 1.99. The highest BCUT2D eigenvalue weighted by atomic mass is 35.5. The van der Waals surface area contributed by atoms with Crippen LogP contribution in [0.3, 0.4) is 0 Å². The van der Waals surface area contributed by atoms with Crippen LogP contribution in [0.25, 0.3) is 0 Å². The zero-order valence-corrected chi connectivity index (χ0v) is 12.7. The van der Waals surface area contributed by atoms with Gasteiger partial charge in [-0.25, -0.2) is 8.42 Å². The Labute approximate surface area is 119 Å². The van der Waals surface area contributed by atoms with Crippen LogP contribution >= 0.6 is 11.6 Å². The number of benzene rings is 1. The van der Waals surface area contributed by atoms with Gasteiger partial charge in [-0.1, -0.05) is 18.5 Å². The fourth-order valence-corrected chi connectivity index (χ4v) is 4.12. The number of halogens is 1. The lowest BCUT2D eigenvalue weighted by Crippen LogP contribution is -2.39. The normalized spacial score (nSPS) is 21.3. The Hall–Kier alpha value is -0.780. The molecule has 0 aromatic heterocycles. The van der Waals surface area contributed by atoms with E-state index in [0.717, 1.165) is 12.8 Å². The summed E-state index contributed by atoms with van der Waals surface area (Å²) in [4.78, 5) is 0.239. The van der Waals surface area contributed by atoms with Gasteiger partial charge in [-0.2, -0.15) is 4.31 Å². The lowest BCUT2D eigenvalue weighted by Gasteiger charge is -2.30.